The molecule has 5 heteroatoms. The molecule has 1 unspecified atom stereocenters. The Bertz CT molecular complexity index is 1400. The highest BCUT2D eigenvalue weighted by Crippen LogP contribution is 2.43. The van der Waals surface area contributed by atoms with Crippen LogP contribution in [-0.2, 0) is 17.6 Å². The maximum absolute atomic E-state index is 13.2. The second-order valence-electron chi connectivity index (χ2n) is 9.38. The first kappa shape index (κ1) is 26.5. The van der Waals surface area contributed by atoms with Gasteiger partial charge in [-0.25, -0.2) is 4.79 Å². The van der Waals surface area contributed by atoms with Crippen molar-refractivity contribution >= 4 is 22.6 Å². The number of fused-ring (bicyclic) bond motifs is 2. The molecule has 2 aromatic rings. The number of hydrogen-bond acceptors (Lipinski definition) is 5. The van der Waals surface area contributed by atoms with Crippen molar-refractivity contribution in [1.29, 1.82) is 5.41 Å². The predicted octanol–water partition coefficient (Wildman–Crippen LogP) is 7.69. The van der Waals surface area contributed by atoms with Crippen LogP contribution in [0.1, 0.15) is 80.6 Å². The Morgan fingerprint density at radius 3 is 2.27 bits per heavy atom. The van der Waals surface area contributed by atoms with E-state index >= 15 is 0 Å². The summed E-state index contributed by atoms with van der Waals surface area (Å²) in [6, 6.07) is 17.3. The molecule has 1 atom stereocenters. The highest BCUT2D eigenvalue weighted by atomic mass is 16.5. The average molecular weight is 499 g/mol. The summed E-state index contributed by atoms with van der Waals surface area (Å²) in [5.74, 6) is 0.349. The lowest BCUT2D eigenvalue weighted by Gasteiger charge is -2.27. The summed E-state index contributed by atoms with van der Waals surface area (Å²) in [5.41, 5.74) is 6.48. The van der Waals surface area contributed by atoms with Crippen LogP contribution < -0.4 is 10.3 Å². The van der Waals surface area contributed by atoms with E-state index in [-0.39, 0.29) is 5.97 Å². The zero-order valence-corrected chi connectivity index (χ0v) is 22.7. The van der Waals surface area contributed by atoms with E-state index in [4.69, 9.17) is 14.6 Å². The van der Waals surface area contributed by atoms with Crippen LogP contribution in [0.5, 0.6) is 0 Å². The van der Waals surface area contributed by atoms with Crippen molar-refractivity contribution in [2.75, 3.05) is 18.0 Å². The monoisotopic (exact) mass is 498 g/mol. The maximum atomic E-state index is 13.2. The number of ether oxygens (including phenoxy) is 1. The lowest BCUT2D eigenvalue weighted by Crippen LogP contribution is -2.21. The molecule has 0 radical (unpaired) electrons. The molecule has 0 saturated carbocycles. The van der Waals surface area contributed by atoms with Gasteiger partial charge in [-0.2, -0.15) is 0 Å². The number of nitrogens with one attached hydrogen (secondary N) is 1. The van der Waals surface area contributed by atoms with Crippen molar-refractivity contribution in [3.63, 3.8) is 0 Å². The molecule has 1 N–H and O–H groups in total. The first-order valence-corrected chi connectivity index (χ1v) is 13.6. The van der Waals surface area contributed by atoms with Gasteiger partial charge in [0.05, 0.1) is 10.9 Å². The molecule has 0 amide bonds. The molecular formula is C32H38N2O3. The second-order valence-corrected chi connectivity index (χ2v) is 9.38. The van der Waals surface area contributed by atoms with E-state index in [1.54, 1.807) is 12.1 Å². The van der Waals surface area contributed by atoms with Crippen molar-refractivity contribution in [3.05, 3.63) is 82.2 Å². The summed E-state index contributed by atoms with van der Waals surface area (Å²) < 4.78 is 12.8. The van der Waals surface area contributed by atoms with Crippen molar-refractivity contribution in [3.8, 4) is 11.3 Å². The summed E-state index contributed by atoms with van der Waals surface area (Å²) in [6.07, 6.45) is 2.64. The van der Waals surface area contributed by atoms with Crippen molar-refractivity contribution < 1.29 is 13.9 Å². The molecule has 1 aliphatic carbocycles. The van der Waals surface area contributed by atoms with Crippen LogP contribution in [0.25, 0.3) is 22.3 Å². The van der Waals surface area contributed by atoms with Gasteiger partial charge in [-0.05, 0) is 68.5 Å². The van der Waals surface area contributed by atoms with Gasteiger partial charge in [0, 0.05) is 47.4 Å². The number of anilines is 1. The molecule has 0 spiro atoms. The summed E-state index contributed by atoms with van der Waals surface area (Å²) >= 11 is 0. The van der Waals surface area contributed by atoms with E-state index in [0.717, 1.165) is 71.3 Å². The number of esters is 1. The Labute approximate surface area is 219 Å². The minimum absolute atomic E-state index is 0.327. The van der Waals surface area contributed by atoms with Gasteiger partial charge in [0.1, 0.15) is 17.4 Å². The van der Waals surface area contributed by atoms with Crippen LogP contribution in [0.2, 0.25) is 0 Å². The second kappa shape index (κ2) is 11.6. The van der Waals surface area contributed by atoms with Gasteiger partial charge < -0.3 is 19.5 Å². The zero-order chi connectivity index (χ0) is 26.5. The molecule has 0 bridgehead atoms. The number of nitrogens with zero attached hydrogens (tertiary/aromatic N) is 1. The zero-order valence-electron chi connectivity index (χ0n) is 22.7. The average Bonchev–Trinajstić information content (AvgIpc) is 2.91. The highest BCUT2D eigenvalue weighted by Gasteiger charge is 2.29. The largest absolute Gasteiger partial charge is 0.456 e. The van der Waals surface area contributed by atoms with Gasteiger partial charge in [0.15, 0.2) is 0 Å². The number of carbonyl (C=O) groups is 1. The Morgan fingerprint density at radius 1 is 0.946 bits per heavy atom. The topological polar surface area (TPSA) is 66.5 Å². The smallest absolute Gasteiger partial charge is 0.338 e. The molecule has 0 saturated heterocycles. The molecule has 1 aliphatic heterocycles. The number of benzene rings is 3. The maximum Gasteiger partial charge on any atom is 0.338 e. The summed E-state index contributed by atoms with van der Waals surface area (Å²) in [7, 11) is 0. The highest BCUT2D eigenvalue weighted by molar-refractivity contribution is 5.93. The van der Waals surface area contributed by atoms with Crippen LogP contribution in [0.15, 0.2) is 59.0 Å². The van der Waals surface area contributed by atoms with Gasteiger partial charge >= 0.3 is 5.97 Å². The fourth-order valence-electron chi connectivity index (χ4n) is 5.41. The molecule has 1 heterocycles. The standard InChI is InChI=1S/C32H38N2O3/c1-6-14-27(37-32(35)21-15-12-11-13-16-21)31-25-18-17-22(34(9-4)10-5)19-28(25)36-29-20-26(33)23(7-2)24(8-3)30(29)31/h11-13,15-20,27,33H,6-10,14H2,1-5H3. The summed E-state index contributed by atoms with van der Waals surface area (Å²) in [6.45, 7) is 12.4. The lowest BCUT2D eigenvalue weighted by molar-refractivity contribution is 0.0279. The van der Waals surface area contributed by atoms with Gasteiger partial charge in [0.25, 0.3) is 0 Å². The normalized spacial score (nSPS) is 12.1. The number of hydrogen-bond donors (Lipinski definition) is 1. The summed E-state index contributed by atoms with van der Waals surface area (Å²) in [4.78, 5) is 15.5. The third-order valence-corrected chi connectivity index (χ3v) is 7.22. The van der Waals surface area contributed by atoms with Crippen LogP contribution in [-0.4, -0.2) is 19.1 Å². The molecule has 2 aromatic carbocycles. The Morgan fingerprint density at radius 2 is 1.65 bits per heavy atom. The van der Waals surface area contributed by atoms with Gasteiger partial charge in [-0.3, -0.25) is 0 Å². The number of carbonyl (C=O) groups excluding carboxylic acids is 1. The van der Waals surface area contributed by atoms with Crippen LogP contribution in [0.3, 0.4) is 0 Å². The third kappa shape index (κ3) is 5.13. The molecule has 0 fully saturated rings. The molecule has 37 heavy (non-hydrogen) atoms. The Balaban J connectivity index is 2.03. The quantitative estimate of drug-likeness (QED) is 0.180. The van der Waals surface area contributed by atoms with E-state index in [9.17, 15) is 4.79 Å². The molecular weight excluding hydrogens is 460 g/mol. The fraction of sp³-hybridized carbons (Fsp3) is 0.375. The van der Waals surface area contributed by atoms with Gasteiger partial charge in [0.2, 0.25) is 0 Å². The molecule has 5 nitrogen and oxygen atoms in total. The Kier molecular flexibility index (Phi) is 8.32. The van der Waals surface area contributed by atoms with E-state index in [0.29, 0.717) is 23.1 Å². The minimum atomic E-state index is -0.440. The summed E-state index contributed by atoms with van der Waals surface area (Å²) in [5, 5.41) is 10.2. The van der Waals surface area contributed by atoms with Gasteiger partial charge in [-0.15, -0.1) is 0 Å². The van der Waals surface area contributed by atoms with E-state index in [2.05, 4.69) is 57.7 Å². The SMILES string of the molecule is CCCC(OC(=O)c1ccccc1)c1c2c(CC)c(CC)c(=N)cc-2oc2cc(N(CC)CC)ccc12. The molecule has 4 rings (SSSR count). The predicted molar refractivity (Wildman–Crippen MR) is 151 cm³/mol. The lowest BCUT2D eigenvalue weighted by atomic mass is 9.86. The Hall–Kier alpha value is -3.60. The molecule has 194 valence electrons. The van der Waals surface area contributed by atoms with E-state index < -0.39 is 6.10 Å². The van der Waals surface area contributed by atoms with Gasteiger partial charge in [-0.1, -0.05) is 45.4 Å². The van der Waals surface area contributed by atoms with Crippen molar-refractivity contribution in [2.45, 2.75) is 66.4 Å². The van der Waals surface area contributed by atoms with Crippen molar-refractivity contribution in [2.24, 2.45) is 0 Å². The first-order valence-electron chi connectivity index (χ1n) is 13.6. The third-order valence-electron chi connectivity index (χ3n) is 7.22. The van der Waals surface area contributed by atoms with Crippen LogP contribution in [0, 0.1) is 5.41 Å². The molecule has 2 aliphatic rings. The molecule has 0 aromatic heterocycles. The number of rotatable bonds is 10. The van der Waals surface area contributed by atoms with Crippen molar-refractivity contribution in [1.82, 2.24) is 0 Å². The van der Waals surface area contributed by atoms with Crippen LogP contribution >= 0.6 is 0 Å². The first-order chi connectivity index (χ1) is 18.0. The van der Waals surface area contributed by atoms with Crippen LogP contribution in [0.4, 0.5) is 5.69 Å². The fourth-order valence-corrected chi connectivity index (χ4v) is 5.41. The van der Waals surface area contributed by atoms with E-state index in [1.165, 1.54) is 0 Å². The van der Waals surface area contributed by atoms with E-state index in [1.807, 2.05) is 24.3 Å². The minimum Gasteiger partial charge on any atom is -0.456 e.